The van der Waals surface area contributed by atoms with Crippen LogP contribution in [0.15, 0.2) is 62.3 Å². The van der Waals surface area contributed by atoms with Crippen LogP contribution >= 0.6 is 11.8 Å². The molecule has 3 N–H and O–H groups in total. The summed E-state index contributed by atoms with van der Waals surface area (Å²) < 4.78 is 10.7. The van der Waals surface area contributed by atoms with E-state index in [1.165, 1.54) is 0 Å². The molecular formula is C17H20N4O2S. The van der Waals surface area contributed by atoms with Crippen LogP contribution in [-0.2, 0) is 0 Å². The van der Waals surface area contributed by atoms with Gasteiger partial charge in [-0.1, -0.05) is 30.0 Å². The minimum absolute atomic E-state index is 0.255. The average molecular weight is 344 g/mol. The molecule has 0 bridgehead atoms. The minimum atomic E-state index is 0.255. The third-order valence-corrected chi connectivity index (χ3v) is 4.26. The van der Waals surface area contributed by atoms with Crippen molar-refractivity contribution in [3.63, 3.8) is 0 Å². The first-order chi connectivity index (χ1) is 11.7. The van der Waals surface area contributed by atoms with Crippen LogP contribution in [0.2, 0.25) is 0 Å². The summed E-state index contributed by atoms with van der Waals surface area (Å²) in [6, 6.07) is 13.6. The topological polar surface area (TPSA) is 81.2 Å². The van der Waals surface area contributed by atoms with Crippen molar-refractivity contribution in [1.29, 1.82) is 0 Å². The highest BCUT2D eigenvalue weighted by atomic mass is 32.2. The summed E-state index contributed by atoms with van der Waals surface area (Å²) in [6.07, 6.45) is 1.70. The lowest BCUT2D eigenvalue weighted by Gasteiger charge is -2.11. The van der Waals surface area contributed by atoms with Crippen LogP contribution in [0.4, 0.5) is 0 Å². The quantitative estimate of drug-likeness (QED) is 0.478. The van der Waals surface area contributed by atoms with Gasteiger partial charge in [-0.2, -0.15) is 5.10 Å². The maximum atomic E-state index is 5.56. The molecule has 0 unspecified atom stereocenters. The number of nitrogens with zero attached hydrogens (tertiary/aromatic N) is 2. The molecule has 0 spiro atoms. The van der Waals surface area contributed by atoms with Crippen molar-refractivity contribution in [3.8, 4) is 11.5 Å². The average Bonchev–Trinajstić information content (AvgIpc) is 2.62. The van der Waals surface area contributed by atoms with Crippen molar-refractivity contribution in [2.75, 3.05) is 21.3 Å². The molecule has 2 aromatic carbocycles. The van der Waals surface area contributed by atoms with Gasteiger partial charge < -0.3 is 15.2 Å². The van der Waals surface area contributed by atoms with Crippen LogP contribution in [0.5, 0.6) is 11.5 Å². The molecule has 6 nitrogen and oxygen atoms in total. The Morgan fingerprint density at radius 2 is 1.92 bits per heavy atom. The Labute approximate surface area is 145 Å². The Bertz CT molecular complexity index is 747. The van der Waals surface area contributed by atoms with E-state index in [2.05, 4.69) is 15.5 Å². The van der Waals surface area contributed by atoms with Gasteiger partial charge in [0.2, 0.25) is 5.96 Å². The molecule has 0 aliphatic carbocycles. The number of guanidine groups is 1. The van der Waals surface area contributed by atoms with E-state index in [0.29, 0.717) is 0 Å². The molecule has 0 radical (unpaired) electrons. The maximum Gasteiger partial charge on any atom is 0.209 e. The fourth-order valence-corrected chi connectivity index (χ4v) is 2.93. The zero-order valence-corrected chi connectivity index (χ0v) is 14.6. The van der Waals surface area contributed by atoms with Crippen LogP contribution in [0.1, 0.15) is 5.56 Å². The normalized spacial score (nSPS) is 11.5. The maximum absolute atomic E-state index is 5.56. The van der Waals surface area contributed by atoms with E-state index in [-0.39, 0.29) is 5.96 Å². The number of ether oxygens (including phenoxy) is 2. The number of hydrogen-bond acceptors (Lipinski definition) is 5. The highest BCUT2D eigenvalue weighted by molar-refractivity contribution is 7.99. The Morgan fingerprint density at radius 3 is 2.62 bits per heavy atom. The molecule has 0 atom stereocenters. The molecule has 0 heterocycles. The van der Waals surface area contributed by atoms with Gasteiger partial charge in [0.05, 0.1) is 25.3 Å². The SMILES string of the molecule is CN=C(N)N/N=C/c1ccccc1Sc1cc(OC)ccc1OC. The summed E-state index contributed by atoms with van der Waals surface area (Å²) in [5.74, 6) is 1.82. The van der Waals surface area contributed by atoms with Crippen LogP contribution in [-0.4, -0.2) is 33.4 Å². The van der Waals surface area contributed by atoms with Gasteiger partial charge in [-0.25, -0.2) is 5.43 Å². The molecule has 2 aromatic rings. The van der Waals surface area contributed by atoms with Crippen molar-refractivity contribution < 1.29 is 9.47 Å². The smallest absolute Gasteiger partial charge is 0.209 e. The first-order valence-corrected chi connectivity index (χ1v) is 7.99. The Hall–Kier alpha value is -2.67. The summed E-state index contributed by atoms with van der Waals surface area (Å²) in [7, 11) is 4.88. The lowest BCUT2D eigenvalue weighted by molar-refractivity contribution is 0.394. The second kappa shape index (κ2) is 8.83. The standard InChI is InChI=1S/C17H20N4O2S/c1-19-17(18)21-20-11-12-6-4-5-7-15(12)24-16-10-13(22-2)8-9-14(16)23-3/h4-11H,1-3H3,(H3,18,19,21)/b20-11+. The summed E-state index contributed by atoms with van der Waals surface area (Å²) in [5.41, 5.74) is 9.16. The molecule has 0 aliphatic rings. The van der Waals surface area contributed by atoms with Crippen LogP contribution < -0.4 is 20.6 Å². The lowest BCUT2D eigenvalue weighted by atomic mass is 10.2. The monoisotopic (exact) mass is 344 g/mol. The zero-order chi connectivity index (χ0) is 17.4. The van der Waals surface area contributed by atoms with E-state index in [1.54, 1.807) is 39.2 Å². The number of hydrazone groups is 1. The van der Waals surface area contributed by atoms with E-state index in [9.17, 15) is 0 Å². The van der Waals surface area contributed by atoms with Gasteiger partial charge >= 0.3 is 0 Å². The number of rotatable bonds is 6. The minimum Gasteiger partial charge on any atom is -0.497 e. The number of nitrogens with one attached hydrogen (secondary N) is 1. The van der Waals surface area contributed by atoms with E-state index >= 15 is 0 Å². The molecule has 0 aromatic heterocycles. The number of hydrogen-bond donors (Lipinski definition) is 2. The molecule has 0 saturated heterocycles. The second-order valence-electron chi connectivity index (χ2n) is 4.64. The summed E-state index contributed by atoms with van der Waals surface area (Å²) in [5, 5.41) is 4.09. The van der Waals surface area contributed by atoms with Crippen molar-refractivity contribution in [3.05, 3.63) is 48.0 Å². The summed E-state index contributed by atoms with van der Waals surface area (Å²) >= 11 is 1.57. The third-order valence-electron chi connectivity index (χ3n) is 3.13. The van der Waals surface area contributed by atoms with Gasteiger partial charge in [-0.05, 0) is 24.3 Å². The van der Waals surface area contributed by atoms with Gasteiger partial charge in [0.1, 0.15) is 11.5 Å². The molecular weight excluding hydrogens is 324 g/mol. The van der Waals surface area contributed by atoms with Gasteiger partial charge in [-0.3, -0.25) is 4.99 Å². The first-order valence-electron chi connectivity index (χ1n) is 7.18. The highest BCUT2D eigenvalue weighted by Crippen LogP contribution is 2.38. The first kappa shape index (κ1) is 17.7. The van der Waals surface area contributed by atoms with E-state index in [4.69, 9.17) is 15.2 Å². The van der Waals surface area contributed by atoms with Crippen molar-refractivity contribution in [1.82, 2.24) is 5.43 Å². The van der Waals surface area contributed by atoms with E-state index in [1.807, 2.05) is 42.5 Å². The van der Waals surface area contributed by atoms with Crippen LogP contribution in [0.25, 0.3) is 0 Å². The molecule has 0 amide bonds. The van der Waals surface area contributed by atoms with Crippen molar-refractivity contribution in [2.45, 2.75) is 9.79 Å². The Balaban J connectivity index is 2.27. The van der Waals surface area contributed by atoms with Crippen molar-refractivity contribution >= 4 is 23.9 Å². The van der Waals surface area contributed by atoms with Gasteiger partial charge in [0, 0.05) is 17.5 Å². The Kier molecular flexibility index (Phi) is 6.51. The molecule has 24 heavy (non-hydrogen) atoms. The molecule has 0 saturated carbocycles. The van der Waals surface area contributed by atoms with Crippen molar-refractivity contribution in [2.24, 2.45) is 15.8 Å². The number of benzene rings is 2. The predicted octanol–water partition coefficient (Wildman–Crippen LogP) is 2.72. The summed E-state index contributed by atoms with van der Waals surface area (Å²) in [4.78, 5) is 5.77. The Morgan fingerprint density at radius 1 is 1.12 bits per heavy atom. The fourth-order valence-electron chi connectivity index (χ4n) is 1.88. The van der Waals surface area contributed by atoms with Crippen LogP contribution in [0, 0.1) is 0 Å². The summed E-state index contributed by atoms with van der Waals surface area (Å²) in [6.45, 7) is 0. The van der Waals surface area contributed by atoms with E-state index < -0.39 is 0 Å². The molecule has 126 valence electrons. The van der Waals surface area contributed by atoms with Crippen LogP contribution in [0.3, 0.4) is 0 Å². The van der Waals surface area contributed by atoms with Gasteiger partial charge in [-0.15, -0.1) is 0 Å². The molecule has 7 heteroatoms. The fraction of sp³-hybridized carbons (Fsp3) is 0.176. The van der Waals surface area contributed by atoms with E-state index in [0.717, 1.165) is 26.9 Å². The molecule has 0 aliphatic heterocycles. The lowest BCUT2D eigenvalue weighted by Crippen LogP contribution is -2.26. The number of nitrogens with two attached hydrogens (primary N) is 1. The molecule has 0 fully saturated rings. The third kappa shape index (κ3) is 4.66. The van der Waals surface area contributed by atoms with Gasteiger partial charge in [0.15, 0.2) is 0 Å². The number of methoxy groups -OCH3 is 2. The number of aliphatic imine (C=N–C) groups is 1. The van der Waals surface area contributed by atoms with Gasteiger partial charge in [0.25, 0.3) is 0 Å². The predicted molar refractivity (Wildman–Crippen MR) is 98.4 cm³/mol. The highest BCUT2D eigenvalue weighted by Gasteiger charge is 2.09. The zero-order valence-electron chi connectivity index (χ0n) is 13.8. The molecule has 2 rings (SSSR count). The second-order valence-corrected chi connectivity index (χ2v) is 5.72. The largest absolute Gasteiger partial charge is 0.497 e.